The van der Waals surface area contributed by atoms with Gasteiger partial charge in [0.05, 0.1) is 10.5 Å². The van der Waals surface area contributed by atoms with Gasteiger partial charge in [-0.1, -0.05) is 12.1 Å². The van der Waals surface area contributed by atoms with Crippen molar-refractivity contribution in [3.05, 3.63) is 29.8 Å². The van der Waals surface area contributed by atoms with E-state index in [2.05, 4.69) is 0 Å². The molecule has 0 aromatic heterocycles. The monoisotopic (exact) mass is 258 g/mol. The lowest BCUT2D eigenvalue weighted by molar-refractivity contribution is -0.139. The number of rotatable bonds is 2. The maximum atomic E-state index is 12.4. The van der Waals surface area contributed by atoms with Crippen molar-refractivity contribution in [2.45, 2.75) is 11.1 Å². The summed E-state index contributed by atoms with van der Waals surface area (Å²) in [6.07, 6.45) is -4.70. The van der Waals surface area contributed by atoms with Crippen LogP contribution in [-0.4, -0.2) is 13.6 Å². The lowest BCUT2D eigenvalue weighted by atomic mass is 10.2. The molecule has 0 atom stereocenters. The molecule has 15 heavy (non-hydrogen) atoms. The highest BCUT2D eigenvalue weighted by Gasteiger charge is 2.36. The van der Waals surface area contributed by atoms with Crippen molar-refractivity contribution in [1.82, 2.24) is 0 Å². The van der Waals surface area contributed by atoms with Gasteiger partial charge in [-0.3, -0.25) is 0 Å². The molecule has 0 heterocycles. The molecule has 0 spiro atoms. The Morgan fingerprint density at radius 2 is 1.73 bits per heavy atom. The van der Waals surface area contributed by atoms with Crippen LogP contribution in [0.5, 0.6) is 0 Å². The number of benzene rings is 1. The van der Waals surface area contributed by atoms with Gasteiger partial charge >= 0.3 is 6.18 Å². The average molecular weight is 259 g/mol. The van der Waals surface area contributed by atoms with E-state index in [1.807, 2.05) is 0 Å². The van der Waals surface area contributed by atoms with Crippen LogP contribution in [0, 0.1) is 0 Å². The van der Waals surface area contributed by atoms with Gasteiger partial charge in [0.15, 0.2) is 9.84 Å². The minimum atomic E-state index is -4.70. The normalized spacial score (nSPS) is 12.8. The second kappa shape index (κ2) is 4.02. The summed E-state index contributed by atoms with van der Waals surface area (Å²) in [5.41, 5.74) is -1.19. The van der Waals surface area contributed by atoms with Crippen LogP contribution in [0.4, 0.5) is 13.2 Å². The summed E-state index contributed by atoms with van der Waals surface area (Å²) < 4.78 is 59.7. The van der Waals surface area contributed by atoms with Crippen LogP contribution in [0.3, 0.4) is 0 Å². The number of sulfone groups is 1. The first kappa shape index (κ1) is 12.3. The molecule has 0 saturated heterocycles. The lowest BCUT2D eigenvalue weighted by Gasteiger charge is -2.11. The largest absolute Gasteiger partial charge is 0.417 e. The molecule has 0 bridgehead atoms. The van der Waals surface area contributed by atoms with E-state index >= 15 is 0 Å². The predicted molar refractivity (Wildman–Crippen MR) is 49.3 cm³/mol. The van der Waals surface area contributed by atoms with Crippen molar-refractivity contribution >= 4 is 21.4 Å². The maximum Gasteiger partial charge on any atom is 0.417 e. The quantitative estimate of drug-likeness (QED) is 0.765. The molecule has 0 N–H and O–H groups in total. The summed E-state index contributed by atoms with van der Waals surface area (Å²) in [6.45, 7) is 0. The number of hydrogen-bond acceptors (Lipinski definition) is 2. The van der Waals surface area contributed by atoms with Crippen LogP contribution in [0.2, 0.25) is 0 Å². The molecule has 0 unspecified atom stereocenters. The second-order valence-electron chi connectivity index (χ2n) is 2.72. The Bertz CT molecular complexity index is 453. The van der Waals surface area contributed by atoms with Crippen molar-refractivity contribution in [1.29, 1.82) is 0 Å². The highest BCUT2D eigenvalue weighted by molar-refractivity contribution is 7.92. The smallest absolute Gasteiger partial charge is 0.222 e. The van der Waals surface area contributed by atoms with Crippen LogP contribution >= 0.6 is 11.6 Å². The first-order chi connectivity index (χ1) is 6.79. The lowest BCUT2D eigenvalue weighted by Crippen LogP contribution is -2.13. The van der Waals surface area contributed by atoms with Gasteiger partial charge in [0.2, 0.25) is 0 Å². The molecular weight excluding hydrogens is 253 g/mol. The first-order valence-corrected chi connectivity index (χ1v) is 5.92. The summed E-state index contributed by atoms with van der Waals surface area (Å²) >= 11 is 5.09. The molecule has 0 aliphatic heterocycles. The zero-order chi connectivity index (χ0) is 11.7. The van der Waals surface area contributed by atoms with Gasteiger partial charge in [0, 0.05) is 0 Å². The summed E-state index contributed by atoms with van der Waals surface area (Å²) in [7, 11) is -4.07. The van der Waals surface area contributed by atoms with E-state index in [0.29, 0.717) is 6.07 Å². The fourth-order valence-electron chi connectivity index (χ4n) is 1.03. The summed E-state index contributed by atoms with van der Waals surface area (Å²) in [6, 6.07) is 3.94. The molecule has 0 radical (unpaired) electrons. The van der Waals surface area contributed by atoms with Crippen molar-refractivity contribution in [2.24, 2.45) is 0 Å². The molecule has 0 fully saturated rings. The van der Waals surface area contributed by atoms with E-state index < -0.39 is 31.7 Å². The van der Waals surface area contributed by atoms with Crippen LogP contribution in [-0.2, 0) is 16.0 Å². The van der Waals surface area contributed by atoms with Crippen LogP contribution in [0.1, 0.15) is 5.56 Å². The third-order valence-corrected chi connectivity index (χ3v) is 3.85. The Balaban J connectivity index is 3.45. The Morgan fingerprint density at radius 1 is 1.20 bits per heavy atom. The van der Waals surface area contributed by atoms with Crippen molar-refractivity contribution in [2.75, 3.05) is 5.21 Å². The molecule has 0 saturated carbocycles. The minimum absolute atomic E-state index is 0.708. The van der Waals surface area contributed by atoms with Crippen molar-refractivity contribution in [3.63, 3.8) is 0 Å². The van der Waals surface area contributed by atoms with E-state index in [9.17, 15) is 21.6 Å². The molecule has 7 heteroatoms. The molecule has 2 nitrogen and oxygen atoms in total. The molecular formula is C8H6ClF3O2S. The third kappa shape index (κ3) is 2.63. The predicted octanol–water partition coefficient (Wildman–Crippen LogP) is 2.68. The molecule has 0 aliphatic carbocycles. The van der Waals surface area contributed by atoms with Crippen LogP contribution in [0.15, 0.2) is 29.2 Å². The standard InChI is InChI=1S/C8H6ClF3O2S/c9-5-15(13,14)7-4-2-1-3-6(7)8(10,11)12/h1-4H,5H2. The van der Waals surface area contributed by atoms with E-state index in [-0.39, 0.29) is 0 Å². The van der Waals surface area contributed by atoms with Gasteiger partial charge in [-0.05, 0) is 12.1 Å². The van der Waals surface area contributed by atoms with Gasteiger partial charge in [0.1, 0.15) is 5.21 Å². The summed E-state index contributed by atoms with van der Waals surface area (Å²) in [5.74, 6) is 0. The summed E-state index contributed by atoms with van der Waals surface area (Å²) in [5, 5.41) is -0.875. The summed E-state index contributed by atoms with van der Waals surface area (Å²) in [4.78, 5) is -0.785. The molecule has 1 aromatic rings. The Kier molecular flexibility index (Phi) is 3.30. The highest BCUT2D eigenvalue weighted by atomic mass is 35.5. The molecule has 1 aromatic carbocycles. The van der Waals surface area contributed by atoms with Gasteiger partial charge in [-0.15, -0.1) is 11.6 Å². The SMILES string of the molecule is O=S(=O)(CCl)c1ccccc1C(F)(F)F. The number of alkyl halides is 4. The molecule has 1 rings (SSSR count). The number of hydrogen-bond donors (Lipinski definition) is 0. The van der Waals surface area contributed by atoms with Gasteiger partial charge < -0.3 is 0 Å². The topological polar surface area (TPSA) is 34.1 Å². The maximum absolute atomic E-state index is 12.4. The number of halogens is 4. The molecule has 84 valence electrons. The van der Waals surface area contributed by atoms with E-state index in [4.69, 9.17) is 11.6 Å². The van der Waals surface area contributed by atoms with Crippen molar-refractivity contribution < 1.29 is 21.6 Å². The van der Waals surface area contributed by atoms with Crippen LogP contribution < -0.4 is 0 Å². The second-order valence-corrected chi connectivity index (χ2v) is 5.26. The fraction of sp³-hybridized carbons (Fsp3) is 0.250. The fourth-order valence-corrected chi connectivity index (χ4v) is 2.31. The zero-order valence-electron chi connectivity index (χ0n) is 7.25. The third-order valence-electron chi connectivity index (χ3n) is 1.67. The Hall–Kier alpha value is -0.750. The Labute approximate surface area is 89.6 Å². The highest BCUT2D eigenvalue weighted by Crippen LogP contribution is 2.34. The van der Waals surface area contributed by atoms with E-state index in [1.54, 1.807) is 0 Å². The van der Waals surface area contributed by atoms with Gasteiger partial charge in [0.25, 0.3) is 0 Å². The zero-order valence-corrected chi connectivity index (χ0v) is 8.83. The molecule has 0 aliphatic rings. The van der Waals surface area contributed by atoms with Crippen molar-refractivity contribution in [3.8, 4) is 0 Å². The molecule has 0 amide bonds. The van der Waals surface area contributed by atoms with Gasteiger partial charge in [-0.25, -0.2) is 8.42 Å². The van der Waals surface area contributed by atoms with E-state index in [1.165, 1.54) is 6.07 Å². The van der Waals surface area contributed by atoms with Crippen LogP contribution in [0.25, 0.3) is 0 Å². The van der Waals surface area contributed by atoms with E-state index in [0.717, 1.165) is 12.1 Å². The van der Waals surface area contributed by atoms with Gasteiger partial charge in [-0.2, -0.15) is 13.2 Å². The first-order valence-electron chi connectivity index (χ1n) is 3.74. The Morgan fingerprint density at radius 3 is 2.20 bits per heavy atom. The minimum Gasteiger partial charge on any atom is -0.222 e. The average Bonchev–Trinajstić information content (AvgIpc) is 2.16.